The number of hydrogen-bond donors (Lipinski definition) is 1. The molecule has 2 aromatic carbocycles. The number of nitrogens with one attached hydrogen (secondary N) is 1. The lowest BCUT2D eigenvalue weighted by Crippen LogP contribution is -2.12. The fourth-order valence-electron chi connectivity index (χ4n) is 2.28. The molecule has 0 aliphatic carbocycles. The number of rotatable bonds is 6. The number of hydrogen-bond acceptors (Lipinski definition) is 5. The van der Waals surface area contributed by atoms with Gasteiger partial charge < -0.3 is 14.5 Å². The van der Waals surface area contributed by atoms with Gasteiger partial charge in [-0.3, -0.25) is 14.9 Å². The topological polar surface area (TPSA) is 94.6 Å². The third-order valence-corrected chi connectivity index (χ3v) is 5.70. The highest BCUT2D eigenvalue weighted by Gasteiger charge is 2.18. The summed E-state index contributed by atoms with van der Waals surface area (Å²) in [6, 6.07) is 10.7. The van der Waals surface area contributed by atoms with Gasteiger partial charge in [0.15, 0.2) is 5.76 Å². The van der Waals surface area contributed by atoms with Crippen molar-refractivity contribution in [3.8, 4) is 5.75 Å². The Balaban J connectivity index is 1.70. The Hall–Kier alpha value is -2.07. The van der Waals surface area contributed by atoms with Gasteiger partial charge in [0, 0.05) is 21.1 Å². The average molecular weight is 565 g/mol. The summed E-state index contributed by atoms with van der Waals surface area (Å²) in [6.07, 6.45) is 0. The summed E-state index contributed by atoms with van der Waals surface area (Å²) in [4.78, 5) is 22.8. The molecule has 1 aromatic heterocycles. The van der Waals surface area contributed by atoms with Gasteiger partial charge in [0.2, 0.25) is 0 Å². The van der Waals surface area contributed by atoms with Crippen LogP contribution in [-0.4, -0.2) is 10.8 Å². The van der Waals surface area contributed by atoms with E-state index in [0.29, 0.717) is 31.2 Å². The molecular formula is C18H10Br2Cl2N2O5. The van der Waals surface area contributed by atoms with Crippen LogP contribution in [0.3, 0.4) is 0 Å². The smallest absolute Gasteiger partial charge is 0.291 e. The normalized spacial score (nSPS) is 10.6. The summed E-state index contributed by atoms with van der Waals surface area (Å²) < 4.78 is 11.8. The number of ether oxygens (including phenoxy) is 1. The molecule has 0 saturated heterocycles. The number of nitro benzene ring substituents is 1. The van der Waals surface area contributed by atoms with E-state index in [1.54, 1.807) is 24.3 Å². The first-order valence-corrected chi connectivity index (χ1v) is 10.2. The number of nitro groups is 1. The number of halogens is 4. The summed E-state index contributed by atoms with van der Waals surface area (Å²) in [5.74, 6) is 0.290. The van der Waals surface area contributed by atoms with E-state index in [2.05, 4.69) is 37.2 Å². The van der Waals surface area contributed by atoms with Crippen molar-refractivity contribution in [2.24, 2.45) is 0 Å². The molecule has 1 N–H and O–H groups in total. The molecule has 1 amide bonds. The molecule has 0 aliphatic heterocycles. The predicted molar refractivity (Wildman–Crippen MR) is 116 cm³/mol. The van der Waals surface area contributed by atoms with Crippen molar-refractivity contribution < 1.29 is 18.9 Å². The monoisotopic (exact) mass is 562 g/mol. The third-order valence-electron chi connectivity index (χ3n) is 3.65. The molecule has 0 saturated carbocycles. The zero-order valence-electron chi connectivity index (χ0n) is 14.2. The van der Waals surface area contributed by atoms with Gasteiger partial charge in [-0.2, -0.15) is 0 Å². The molecule has 0 radical (unpaired) electrons. The van der Waals surface area contributed by atoms with E-state index in [4.69, 9.17) is 32.4 Å². The largest absolute Gasteiger partial charge is 0.484 e. The lowest BCUT2D eigenvalue weighted by molar-refractivity contribution is -0.385. The molecule has 3 aromatic rings. The van der Waals surface area contributed by atoms with Gasteiger partial charge in [0.1, 0.15) is 23.1 Å². The van der Waals surface area contributed by atoms with Crippen LogP contribution in [0.1, 0.15) is 16.3 Å². The number of anilines is 1. The summed E-state index contributed by atoms with van der Waals surface area (Å²) >= 11 is 18.4. The Morgan fingerprint density at radius 2 is 1.86 bits per heavy atom. The lowest BCUT2D eigenvalue weighted by Gasteiger charge is -2.09. The molecular weight excluding hydrogens is 555 g/mol. The van der Waals surface area contributed by atoms with Crippen LogP contribution < -0.4 is 10.1 Å². The minimum absolute atomic E-state index is 0.0398. The van der Waals surface area contributed by atoms with Gasteiger partial charge in [0.05, 0.1) is 15.6 Å². The Kier molecular flexibility index (Phi) is 6.84. The molecule has 0 atom stereocenters. The minimum Gasteiger partial charge on any atom is -0.484 e. The molecule has 0 unspecified atom stereocenters. The number of carbonyl (C=O) groups excluding carboxylic acids is 1. The molecule has 0 spiro atoms. The van der Waals surface area contributed by atoms with Crippen LogP contribution in [0.25, 0.3) is 0 Å². The molecule has 11 heteroatoms. The second-order valence-corrected chi connectivity index (χ2v) is 8.10. The van der Waals surface area contributed by atoms with Crippen LogP contribution in [0.2, 0.25) is 10.0 Å². The van der Waals surface area contributed by atoms with Gasteiger partial charge in [-0.1, -0.05) is 29.3 Å². The second kappa shape index (κ2) is 9.17. The molecule has 0 bridgehead atoms. The molecule has 7 nitrogen and oxygen atoms in total. The van der Waals surface area contributed by atoms with Crippen molar-refractivity contribution >= 4 is 72.3 Å². The van der Waals surface area contributed by atoms with E-state index in [9.17, 15) is 14.9 Å². The number of benzene rings is 2. The van der Waals surface area contributed by atoms with Crippen molar-refractivity contribution in [3.63, 3.8) is 0 Å². The van der Waals surface area contributed by atoms with Gasteiger partial charge >= 0.3 is 0 Å². The van der Waals surface area contributed by atoms with Gasteiger partial charge in [-0.15, -0.1) is 0 Å². The van der Waals surface area contributed by atoms with Gasteiger partial charge in [-0.25, -0.2) is 0 Å². The highest BCUT2D eigenvalue weighted by atomic mass is 79.9. The quantitative estimate of drug-likeness (QED) is 0.261. The molecule has 0 fully saturated rings. The maximum atomic E-state index is 12.5. The molecule has 150 valence electrons. The van der Waals surface area contributed by atoms with Crippen molar-refractivity contribution in [3.05, 3.63) is 83.1 Å². The van der Waals surface area contributed by atoms with Crippen molar-refractivity contribution in [1.82, 2.24) is 0 Å². The van der Waals surface area contributed by atoms with Crippen molar-refractivity contribution in [2.45, 2.75) is 6.61 Å². The number of furan rings is 1. The highest BCUT2D eigenvalue weighted by molar-refractivity contribution is 9.11. The van der Waals surface area contributed by atoms with Crippen LogP contribution in [0.5, 0.6) is 5.75 Å². The second-order valence-electron chi connectivity index (χ2n) is 5.60. The molecule has 0 aliphatic rings. The standard InChI is InChI=1S/C18H10Br2Cl2N2O5/c19-11-6-9(24(26)27)7-12(20)17(11)23-18(25)15-5-4-10(29-15)8-28-14-3-1-2-13(21)16(14)22/h1-7H,8H2,(H,23,25). The van der Waals surface area contributed by atoms with Crippen LogP contribution in [0.15, 0.2) is 55.8 Å². The van der Waals surface area contributed by atoms with Crippen molar-refractivity contribution in [1.29, 1.82) is 0 Å². The van der Waals surface area contributed by atoms with Crippen molar-refractivity contribution in [2.75, 3.05) is 5.32 Å². The fourth-order valence-corrected chi connectivity index (χ4v) is 3.99. The zero-order valence-corrected chi connectivity index (χ0v) is 18.9. The van der Waals surface area contributed by atoms with Crippen LogP contribution in [0, 0.1) is 10.1 Å². The average Bonchev–Trinajstić information content (AvgIpc) is 3.14. The Bertz CT molecular complexity index is 1080. The summed E-state index contributed by atoms with van der Waals surface area (Å²) in [7, 11) is 0. The van der Waals surface area contributed by atoms with E-state index in [1.165, 1.54) is 18.2 Å². The molecule has 1 heterocycles. The first-order valence-electron chi connectivity index (χ1n) is 7.86. The van der Waals surface area contributed by atoms with E-state index in [0.717, 1.165) is 0 Å². The number of amides is 1. The first kappa shape index (κ1) is 21.6. The Morgan fingerprint density at radius 3 is 2.52 bits per heavy atom. The summed E-state index contributed by atoms with van der Waals surface area (Å²) in [5, 5.41) is 14.2. The highest BCUT2D eigenvalue weighted by Crippen LogP contribution is 2.36. The molecule has 29 heavy (non-hydrogen) atoms. The first-order chi connectivity index (χ1) is 13.8. The fraction of sp³-hybridized carbons (Fsp3) is 0.0556. The number of non-ortho nitro benzene ring substituents is 1. The summed E-state index contributed by atoms with van der Waals surface area (Å²) in [5.41, 5.74) is 0.208. The van der Waals surface area contributed by atoms with E-state index in [-0.39, 0.29) is 23.1 Å². The minimum atomic E-state index is -0.536. The maximum Gasteiger partial charge on any atom is 0.291 e. The van der Waals surface area contributed by atoms with Crippen LogP contribution in [-0.2, 0) is 6.61 Å². The molecule has 3 rings (SSSR count). The van der Waals surface area contributed by atoms with E-state index >= 15 is 0 Å². The number of nitrogens with zero attached hydrogens (tertiary/aromatic N) is 1. The lowest BCUT2D eigenvalue weighted by atomic mass is 10.2. The summed E-state index contributed by atoms with van der Waals surface area (Å²) in [6.45, 7) is 0.0399. The van der Waals surface area contributed by atoms with E-state index < -0.39 is 10.8 Å². The Labute approximate surface area is 191 Å². The predicted octanol–water partition coefficient (Wildman–Crippen LogP) is 6.85. The SMILES string of the molecule is O=C(Nc1c(Br)cc([N+](=O)[O-])cc1Br)c1ccc(COc2cccc(Cl)c2Cl)o1. The maximum absolute atomic E-state index is 12.5. The van der Waals surface area contributed by atoms with Crippen LogP contribution >= 0.6 is 55.1 Å². The third kappa shape index (κ3) is 5.11. The zero-order chi connectivity index (χ0) is 21.1. The Morgan fingerprint density at radius 1 is 1.17 bits per heavy atom. The number of carbonyl (C=O) groups is 1. The van der Waals surface area contributed by atoms with E-state index in [1.807, 2.05) is 0 Å². The van der Waals surface area contributed by atoms with Crippen LogP contribution in [0.4, 0.5) is 11.4 Å². The van der Waals surface area contributed by atoms with Gasteiger partial charge in [0.25, 0.3) is 11.6 Å². The van der Waals surface area contributed by atoms with Gasteiger partial charge in [-0.05, 0) is 56.1 Å².